The van der Waals surface area contributed by atoms with E-state index in [0.717, 1.165) is 25.3 Å². The van der Waals surface area contributed by atoms with Crippen LogP contribution in [0.2, 0.25) is 0 Å². The first kappa shape index (κ1) is 15.8. The molecule has 1 aliphatic rings. The summed E-state index contributed by atoms with van der Waals surface area (Å²) in [6, 6.07) is 5.76. The summed E-state index contributed by atoms with van der Waals surface area (Å²) in [7, 11) is 3.23. The average molecular weight is 319 g/mol. The molecule has 1 N–H and O–H groups in total. The molecule has 1 unspecified atom stereocenters. The summed E-state index contributed by atoms with van der Waals surface area (Å²) in [5.41, 5.74) is 1.03. The molecule has 0 saturated carbocycles. The van der Waals surface area contributed by atoms with E-state index in [4.69, 9.17) is 18.7 Å². The predicted molar refractivity (Wildman–Crippen MR) is 83.0 cm³/mol. The van der Waals surface area contributed by atoms with Gasteiger partial charge in [0, 0.05) is 19.5 Å². The zero-order chi connectivity index (χ0) is 16.1. The molecule has 23 heavy (non-hydrogen) atoms. The molecule has 0 aliphatic carbocycles. The van der Waals surface area contributed by atoms with Crippen LogP contribution in [0.4, 0.5) is 0 Å². The fourth-order valence-electron chi connectivity index (χ4n) is 2.56. The largest absolute Gasteiger partial charge is 0.493 e. The maximum atomic E-state index is 5.64. The second-order valence-corrected chi connectivity index (χ2v) is 5.37. The Labute approximate surface area is 134 Å². The highest BCUT2D eigenvalue weighted by Crippen LogP contribution is 2.28. The van der Waals surface area contributed by atoms with Crippen LogP contribution in [0.1, 0.15) is 17.3 Å². The molecular formula is C16H21N3O4. The molecule has 1 aromatic heterocycles. The highest BCUT2D eigenvalue weighted by Gasteiger charge is 2.18. The Bertz CT molecular complexity index is 638. The number of hydrogen-bond donors (Lipinski definition) is 1. The highest BCUT2D eigenvalue weighted by atomic mass is 16.5. The zero-order valence-corrected chi connectivity index (χ0v) is 13.4. The van der Waals surface area contributed by atoms with Gasteiger partial charge < -0.3 is 24.1 Å². The lowest BCUT2D eigenvalue weighted by Crippen LogP contribution is -2.39. The van der Waals surface area contributed by atoms with E-state index < -0.39 is 0 Å². The minimum atomic E-state index is 0.0955. The van der Waals surface area contributed by atoms with Crippen LogP contribution < -0.4 is 14.8 Å². The van der Waals surface area contributed by atoms with Crippen LogP contribution in [0.25, 0.3) is 0 Å². The molecule has 7 nitrogen and oxygen atoms in total. The highest BCUT2D eigenvalue weighted by molar-refractivity contribution is 5.43. The maximum Gasteiger partial charge on any atom is 0.229 e. The smallest absolute Gasteiger partial charge is 0.229 e. The van der Waals surface area contributed by atoms with E-state index in [2.05, 4.69) is 15.5 Å². The van der Waals surface area contributed by atoms with Crippen LogP contribution in [0.15, 0.2) is 22.7 Å². The lowest BCUT2D eigenvalue weighted by atomic mass is 10.1. The van der Waals surface area contributed by atoms with Crippen LogP contribution in [0.5, 0.6) is 11.5 Å². The van der Waals surface area contributed by atoms with Gasteiger partial charge in [-0.15, -0.1) is 0 Å². The van der Waals surface area contributed by atoms with Crippen molar-refractivity contribution < 1.29 is 18.7 Å². The monoisotopic (exact) mass is 319 g/mol. The molecule has 0 amide bonds. The average Bonchev–Trinajstić information content (AvgIpc) is 3.02. The Morgan fingerprint density at radius 3 is 2.87 bits per heavy atom. The van der Waals surface area contributed by atoms with Crippen molar-refractivity contribution in [3.8, 4) is 11.5 Å². The minimum Gasteiger partial charge on any atom is -0.493 e. The number of nitrogens with zero attached hydrogens (tertiary/aromatic N) is 2. The summed E-state index contributed by atoms with van der Waals surface area (Å²) >= 11 is 0. The zero-order valence-electron chi connectivity index (χ0n) is 13.4. The summed E-state index contributed by atoms with van der Waals surface area (Å²) in [5, 5.41) is 7.33. The van der Waals surface area contributed by atoms with E-state index in [9.17, 15) is 0 Å². The molecule has 1 saturated heterocycles. The lowest BCUT2D eigenvalue weighted by Gasteiger charge is -2.21. The van der Waals surface area contributed by atoms with Crippen molar-refractivity contribution in [1.82, 2.24) is 15.5 Å². The Kier molecular flexibility index (Phi) is 5.09. The minimum absolute atomic E-state index is 0.0955. The van der Waals surface area contributed by atoms with Gasteiger partial charge in [0.05, 0.1) is 33.4 Å². The van der Waals surface area contributed by atoms with E-state index in [1.54, 1.807) is 14.2 Å². The molecule has 0 spiro atoms. The van der Waals surface area contributed by atoms with Gasteiger partial charge >= 0.3 is 0 Å². The van der Waals surface area contributed by atoms with Crippen LogP contribution in [-0.2, 0) is 17.6 Å². The first-order valence-electron chi connectivity index (χ1n) is 7.63. The number of aromatic nitrogens is 2. The van der Waals surface area contributed by atoms with Crippen molar-refractivity contribution >= 4 is 0 Å². The Hall–Kier alpha value is -2.12. The Morgan fingerprint density at radius 2 is 2.13 bits per heavy atom. The Balaban J connectivity index is 1.64. The normalized spacial score (nSPS) is 17.9. The molecule has 1 aromatic carbocycles. The summed E-state index contributed by atoms with van der Waals surface area (Å²) < 4.78 is 21.5. The number of methoxy groups -OCH3 is 2. The van der Waals surface area contributed by atoms with Gasteiger partial charge in [-0.3, -0.25) is 0 Å². The third-order valence-corrected chi connectivity index (χ3v) is 3.73. The molecule has 1 atom stereocenters. The summed E-state index contributed by atoms with van der Waals surface area (Å²) in [4.78, 5) is 4.44. The van der Waals surface area contributed by atoms with Gasteiger partial charge in [-0.05, 0) is 17.7 Å². The number of benzene rings is 1. The number of hydrogen-bond acceptors (Lipinski definition) is 7. The van der Waals surface area contributed by atoms with Gasteiger partial charge in [-0.25, -0.2) is 0 Å². The topological polar surface area (TPSA) is 78.6 Å². The number of morpholine rings is 1. The van der Waals surface area contributed by atoms with Gasteiger partial charge in [0.1, 0.15) is 0 Å². The third-order valence-electron chi connectivity index (χ3n) is 3.73. The quantitative estimate of drug-likeness (QED) is 0.857. The number of rotatable bonds is 6. The van der Waals surface area contributed by atoms with Crippen molar-refractivity contribution in [3.63, 3.8) is 0 Å². The van der Waals surface area contributed by atoms with E-state index in [1.807, 2.05) is 18.2 Å². The maximum absolute atomic E-state index is 5.64. The molecule has 3 rings (SSSR count). The van der Waals surface area contributed by atoms with Gasteiger partial charge in [-0.1, -0.05) is 11.2 Å². The molecule has 1 fully saturated rings. The molecule has 0 bridgehead atoms. The van der Waals surface area contributed by atoms with Crippen molar-refractivity contribution in [2.24, 2.45) is 0 Å². The number of ether oxygens (including phenoxy) is 3. The molecular weight excluding hydrogens is 298 g/mol. The van der Waals surface area contributed by atoms with Gasteiger partial charge in [0.2, 0.25) is 5.89 Å². The first-order valence-corrected chi connectivity index (χ1v) is 7.63. The van der Waals surface area contributed by atoms with Crippen molar-refractivity contribution in [1.29, 1.82) is 0 Å². The van der Waals surface area contributed by atoms with Gasteiger partial charge in [0.25, 0.3) is 0 Å². The van der Waals surface area contributed by atoms with E-state index >= 15 is 0 Å². The van der Waals surface area contributed by atoms with E-state index in [-0.39, 0.29) is 6.10 Å². The van der Waals surface area contributed by atoms with Crippen LogP contribution in [0.3, 0.4) is 0 Å². The van der Waals surface area contributed by atoms with Crippen molar-refractivity contribution in [2.45, 2.75) is 18.9 Å². The number of nitrogens with one attached hydrogen (secondary N) is 1. The van der Waals surface area contributed by atoms with Crippen LogP contribution in [-0.4, -0.2) is 50.2 Å². The third kappa shape index (κ3) is 4.00. The van der Waals surface area contributed by atoms with Crippen LogP contribution >= 0.6 is 0 Å². The standard InChI is InChI=1S/C16H21N3O4/c1-20-13-4-3-11(7-14(13)21-2)8-15-18-16(23-19-15)9-12-10-17-5-6-22-12/h3-4,7,12,17H,5-6,8-10H2,1-2H3. The SMILES string of the molecule is COc1ccc(Cc2noc(CC3CNCCO3)n2)cc1OC. The van der Waals surface area contributed by atoms with E-state index in [0.29, 0.717) is 36.1 Å². The Morgan fingerprint density at radius 1 is 1.26 bits per heavy atom. The van der Waals surface area contributed by atoms with Crippen molar-refractivity contribution in [3.05, 3.63) is 35.5 Å². The molecule has 2 heterocycles. The van der Waals surface area contributed by atoms with Crippen LogP contribution in [0, 0.1) is 0 Å². The first-order chi connectivity index (χ1) is 11.3. The predicted octanol–water partition coefficient (Wildman–Crippen LogP) is 1.21. The van der Waals surface area contributed by atoms with Gasteiger partial charge in [0.15, 0.2) is 17.3 Å². The molecule has 0 radical (unpaired) electrons. The fourth-order valence-corrected chi connectivity index (χ4v) is 2.56. The molecule has 1 aliphatic heterocycles. The van der Waals surface area contributed by atoms with Crippen molar-refractivity contribution in [2.75, 3.05) is 33.9 Å². The summed E-state index contributed by atoms with van der Waals surface area (Å²) in [5.74, 6) is 2.65. The molecule has 124 valence electrons. The lowest BCUT2D eigenvalue weighted by molar-refractivity contribution is 0.0246. The second-order valence-electron chi connectivity index (χ2n) is 5.37. The van der Waals surface area contributed by atoms with E-state index in [1.165, 1.54) is 0 Å². The summed E-state index contributed by atoms with van der Waals surface area (Å²) in [6.07, 6.45) is 1.30. The summed E-state index contributed by atoms with van der Waals surface area (Å²) in [6.45, 7) is 2.43. The second kappa shape index (κ2) is 7.43. The fraction of sp³-hybridized carbons (Fsp3) is 0.500. The molecule has 2 aromatic rings. The molecule has 7 heteroatoms. The van der Waals surface area contributed by atoms with Gasteiger partial charge in [-0.2, -0.15) is 4.98 Å².